The quantitative estimate of drug-likeness (QED) is 0.672. The molecule has 0 aromatic carbocycles. The van der Waals surface area contributed by atoms with Gasteiger partial charge in [-0.15, -0.1) is 0 Å². The summed E-state index contributed by atoms with van der Waals surface area (Å²) in [4.78, 5) is 2.02. The summed E-state index contributed by atoms with van der Waals surface area (Å²) in [5.74, 6) is 0. The minimum Gasteiger partial charge on any atom is -0.377 e. The largest absolute Gasteiger partial charge is 0.377 e. The second-order valence-electron chi connectivity index (χ2n) is 3.20. The molecular formula is C12H14ClN. The average molecular weight is 208 g/mol. The maximum Gasteiger partial charge on any atom is 0.0449 e. The molecule has 0 saturated carbocycles. The maximum atomic E-state index is 5.93. The average Bonchev–Trinajstić information content (AvgIpc) is 2.01. The van der Waals surface area contributed by atoms with Crippen molar-refractivity contribution >= 4 is 11.6 Å². The van der Waals surface area contributed by atoms with E-state index in [1.54, 1.807) is 0 Å². The van der Waals surface area contributed by atoms with Crippen LogP contribution in [0.15, 0.2) is 59.3 Å². The zero-order valence-corrected chi connectivity index (χ0v) is 9.25. The van der Waals surface area contributed by atoms with Crippen molar-refractivity contribution in [3.05, 3.63) is 59.3 Å². The molecule has 0 aliphatic heterocycles. The van der Waals surface area contributed by atoms with E-state index in [0.717, 1.165) is 11.3 Å². The Kier molecular flexibility index (Phi) is 3.78. The van der Waals surface area contributed by atoms with Gasteiger partial charge in [-0.25, -0.2) is 0 Å². The van der Waals surface area contributed by atoms with Crippen molar-refractivity contribution < 1.29 is 0 Å². The first-order valence-electron chi connectivity index (χ1n) is 4.40. The molecule has 0 aromatic rings. The van der Waals surface area contributed by atoms with Gasteiger partial charge in [0.2, 0.25) is 0 Å². The number of hydrogen-bond donors (Lipinski definition) is 0. The van der Waals surface area contributed by atoms with Gasteiger partial charge in [0.15, 0.2) is 0 Å². The molecule has 1 aliphatic carbocycles. The van der Waals surface area contributed by atoms with Crippen molar-refractivity contribution in [3.8, 4) is 0 Å². The number of nitrogens with zero attached hydrogens (tertiary/aromatic N) is 1. The van der Waals surface area contributed by atoms with Crippen LogP contribution in [0.4, 0.5) is 0 Å². The van der Waals surface area contributed by atoms with Gasteiger partial charge in [-0.05, 0) is 6.08 Å². The minimum absolute atomic E-state index is 0.560. The summed E-state index contributed by atoms with van der Waals surface area (Å²) in [6, 6.07) is 0. The number of halogens is 1. The van der Waals surface area contributed by atoms with Gasteiger partial charge in [-0.1, -0.05) is 48.6 Å². The van der Waals surface area contributed by atoms with Crippen molar-refractivity contribution in [1.82, 2.24) is 4.90 Å². The van der Waals surface area contributed by atoms with Crippen LogP contribution in [0.1, 0.15) is 0 Å². The Morgan fingerprint density at radius 2 is 1.71 bits per heavy atom. The van der Waals surface area contributed by atoms with E-state index < -0.39 is 0 Å². The van der Waals surface area contributed by atoms with Crippen molar-refractivity contribution in [3.63, 3.8) is 0 Å². The van der Waals surface area contributed by atoms with Crippen molar-refractivity contribution in [1.29, 1.82) is 0 Å². The second-order valence-corrected chi connectivity index (χ2v) is 3.66. The molecule has 1 rings (SSSR count). The van der Waals surface area contributed by atoms with E-state index in [-0.39, 0.29) is 0 Å². The third kappa shape index (κ3) is 2.64. The van der Waals surface area contributed by atoms with Crippen molar-refractivity contribution in [2.75, 3.05) is 14.1 Å². The molecule has 0 N–H and O–H groups in total. The Labute approximate surface area is 90.4 Å². The third-order valence-corrected chi connectivity index (χ3v) is 2.10. The fourth-order valence-corrected chi connectivity index (χ4v) is 1.38. The Morgan fingerprint density at radius 3 is 2.21 bits per heavy atom. The molecule has 14 heavy (non-hydrogen) atoms. The highest BCUT2D eigenvalue weighted by atomic mass is 35.5. The monoisotopic (exact) mass is 207 g/mol. The Morgan fingerprint density at radius 1 is 1.14 bits per heavy atom. The van der Waals surface area contributed by atoms with Crippen LogP contribution in [0.2, 0.25) is 0 Å². The highest BCUT2D eigenvalue weighted by molar-refractivity contribution is 6.32. The molecule has 0 radical (unpaired) electrons. The number of rotatable bonds is 2. The molecule has 1 nitrogen and oxygen atoms in total. The van der Waals surface area contributed by atoms with E-state index in [4.69, 9.17) is 11.6 Å². The van der Waals surface area contributed by atoms with Crippen LogP contribution in [-0.2, 0) is 0 Å². The minimum atomic E-state index is 0.560. The molecule has 0 aromatic heterocycles. The Bertz CT molecular complexity index is 343. The highest BCUT2D eigenvalue weighted by Crippen LogP contribution is 2.21. The molecular weight excluding hydrogens is 194 g/mol. The highest BCUT2D eigenvalue weighted by Gasteiger charge is 2.05. The fraction of sp³-hybridized carbons (Fsp3) is 0.167. The first kappa shape index (κ1) is 10.9. The van der Waals surface area contributed by atoms with E-state index >= 15 is 0 Å². The van der Waals surface area contributed by atoms with Gasteiger partial charge in [0.05, 0.1) is 0 Å². The maximum absolute atomic E-state index is 5.93. The molecule has 0 saturated heterocycles. The SMILES string of the molecule is C=C(Cl)C1=C(N(C)C)C=CC=CC=C1. The summed E-state index contributed by atoms with van der Waals surface area (Å²) in [6.07, 6.45) is 11.9. The zero-order valence-electron chi connectivity index (χ0n) is 8.50. The van der Waals surface area contributed by atoms with Gasteiger partial charge in [-0.3, -0.25) is 0 Å². The molecule has 1 aliphatic rings. The van der Waals surface area contributed by atoms with E-state index in [1.165, 1.54) is 0 Å². The molecule has 0 unspecified atom stereocenters. The van der Waals surface area contributed by atoms with Crippen LogP contribution < -0.4 is 0 Å². The third-order valence-electron chi connectivity index (χ3n) is 1.90. The lowest BCUT2D eigenvalue weighted by atomic mass is 10.1. The van der Waals surface area contributed by atoms with E-state index in [1.807, 2.05) is 55.5 Å². The van der Waals surface area contributed by atoms with Crippen LogP contribution in [0, 0.1) is 0 Å². The lowest BCUT2D eigenvalue weighted by molar-refractivity contribution is 0.526. The predicted octanol–water partition coefficient (Wildman–Crippen LogP) is 3.24. The number of allylic oxidation sites excluding steroid dienone is 8. The zero-order chi connectivity index (χ0) is 10.6. The molecule has 0 spiro atoms. The molecule has 0 amide bonds. The summed E-state index contributed by atoms with van der Waals surface area (Å²) >= 11 is 5.93. The molecule has 0 atom stereocenters. The van der Waals surface area contributed by atoms with Crippen LogP contribution in [0.3, 0.4) is 0 Å². The molecule has 2 heteroatoms. The van der Waals surface area contributed by atoms with Gasteiger partial charge in [0.25, 0.3) is 0 Å². The lowest BCUT2D eigenvalue weighted by Crippen LogP contribution is -2.11. The molecule has 0 bridgehead atoms. The van der Waals surface area contributed by atoms with Crippen LogP contribution in [0.25, 0.3) is 0 Å². The van der Waals surface area contributed by atoms with Crippen molar-refractivity contribution in [2.24, 2.45) is 0 Å². The topological polar surface area (TPSA) is 3.24 Å². The standard InChI is InChI=1S/C12H14ClN/c1-10(13)11-8-6-4-5-7-9-12(11)14(2)3/h4-9H,1H2,2-3H3. The van der Waals surface area contributed by atoms with Crippen LogP contribution in [0.5, 0.6) is 0 Å². The van der Waals surface area contributed by atoms with Crippen molar-refractivity contribution in [2.45, 2.75) is 0 Å². The summed E-state index contributed by atoms with van der Waals surface area (Å²) in [5, 5.41) is 0.560. The van der Waals surface area contributed by atoms with Crippen LogP contribution >= 0.6 is 11.6 Å². The van der Waals surface area contributed by atoms with E-state index in [2.05, 4.69) is 6.58 Å². The second kappa shape index (κ2) is 4.87. The first-order chi connectivity index (χ1) is 6.63. The first-order valence-corrected chi connectivity index (χ1v) is 4.78. The Balaban J connectivity index is 3.20. The number of likely N-dealkylation sites (N-methyl/N-ethyl adjacent to an activating group) is 1. The lowest BCUT2D eigenvalue weighted by Gasteiger charge is -2.17. The van der Waals surface area contributed by atoms with Gasteiger partial charge < -0.3 is 4.90 Å². The summed E-state index contributed by atoms with van der Waals surface area (Å²) in [6.45, 7) is 3.76. The van der Waals surface area contributed by atoms with E-state index in [0.29, 0.717) is 5.03 Å². The van der Waals surface area contributed by atoms with Gasteiger partial charge in [0, 0.05) is 30.4 Å². The molecule has 0 fully saturated rings. The van der Waals surface area contributed by atoms with Crippen LogP contribution in [-0.4, -0.2) is 19.0 Å². The molecule has 0 heterocycles. The summed E-state index contributed by atoms with van der Waals surface area (Å²) in [7, 11) is 3.97. The van der Waals surface area contributed by atoms with Gasteiger partial charge >= 0.3 is 0 Å². The predicted molar refractivity (Wildman–Crippen MR) is 63.1 cm³/mol. The van der Waals surface area contributed by atoms with E-state index in [9.17, 15) is 0 Å². The summed E-state index contributed by atoms with van der Waals surface area (Å²) in [5.41, 5.74) is 2.02. The normalized spacial score (nSPS) is 15.4. The summed E-state index contributed by atoms with van der Waals surface area (Å²) < 4.78 is 0. The molecule has 74 valence electrons. The fourth-order valence-electron chi connectivity index (χ4n) is 1.22. The Hall–Kier alpha value is -1.21. The van der Waals surface area contributed by atoms with Gasteiger partial charge in [-0.2, -0.15) is 0 Å². The van der Waals surface area contributed by atoms with Gasteiger partial charge in [0.1, 0.15) is 0 Å². The number of hydrogen-bond acceptors (Lipinski definition) is 1. The smallest absolute Gasteiger partial charge is 0.0449 e.